The van der Waals surface area contributed by atoms with Gasteiger partial charge in [0.1, 0.15) is 6.61 Å². The van der Waals surface area contributed by atoms with Gasteiger partial charge in [0.2, 0.25) is 5.91 Å². The molecule has 1 amide bonds. The zero-order chi connectivity index (χ0) is 12.8. The second-order valence-electron chi connectivity index (χ2n) is 5.74. The molecule has 4 heteroatoms. The van der Waals surface area contributed by atoms with E-state index in [2.05, 4.69) is 17.6 Å². The van der Waals surface area contributed by atoms with Crippen LogP contribution in [0.15, 0.2) is 0 Å². The van der Waals surface area contributed by atoms with Crippen LogP contribution in [0, 0.1) is 5.41 Å². The highest BCUT2D eigenvalue weighted by molar-refractivity contribution is 5.77. The Morgan fingerprint density at radius 1 is 1.39 bits per heavy atom. The Labute approximate surface area is 110 Å². The molecule has 18 heavy (non-hydrogen) atoms. The molecule has 4 nitrogen and oxygen atoms in total. The third-order valence-corrected chi connectivity index (χ3v) is 4.56. The summed E-state index contributed by atoms with van der Waals surface area (Å²) in [6.07, 6.45) is 7.31. The van der Waals surface area contributed by atoms with Crippen molar-refractivity contribution in [1.29, 1.82) is 0 Å². The normalized spacial score (nSPS) is 23.4. The molecule has 1 saturated carbocycles. The number of carbonyl (C=O) groups is 1. The number of piperidine rings is 1. The summed E-state index contributed by atoms with van der Waals surface area (Å²) in [5.74, 6) is 0.0493. The fourth-order valence-corrected chi connectivity index (χ4v) is 2.82. The van der Waals surface area contributed by atoms with Crippen LogP contribution in [0.3, 0.4) is 0 Å². The van der Waals surface area contributed by atoms with E-state index in [1.807, 2.05) is 0 Å². The number of hydrogen-bond acceptors (Lipinski definition) is 3. The lowest BCUT2D eigenvalue weighted by Crippen LogP contribution is -2.43. The van der Waals surface area contributed by atoms with Gasteiger partial charge in [-0.05, 0) is 50.6 Å². The van der Waals surface area contributed by atoms with E-state index in [4.69, 9.17) is 4.74 Å². The van der Waals surface area contributed by atoms with Crippen LogP contribution in [0.5, 0.6) is 0 Å². The topological polar surface area (TPSA) is 50.4 Å². The van der Waals surface area contributed by atoms with E-state index in [-0.39, 0.29) is 18.6 Å². The number of carbonyl (C=O) groups excluding carboxylic acids is 1. The summed E-state index contributed by atoms with van der Waals surface area (Å²) in [5, 5.41) is 6.33. The molecule has 0 unspecified atom stereocenters. The van der Waals surface area contributed by atoms with Gasteiger partial charge in [0.15, 0.2) is 0 Å². The summed E-state index contributed by atoms with van der Waals surface area (Å²) in [4.78, 5) is 11.7. The zero-order valence-corrected chi connectivity index (χ0v) is 11.5. The fourth-order valence-electron chi connectivity index (χ4n) is 2.82. The average Bonchev–Trinajstić information content (AvgIpc) is 2.37. The molecule has 0 atom stereocenters. The molecule has 2 fully saturated rings. The van der Waals surface area contributed by atoms with Crippen molar-refractivity contribution in [3.63, 3.8) is 0 Å². The maximum Gasteiger partial charge on any atom is 0.246 e. The Morgan fingerprint density at radius 2 is 2.11 bits per heavy atom. The van der Waals surface area contributed by atoms with Crippen molar-refractivity contribution in [3.05, 3.63) is 0 Å². The molecule has 0 radical (unpaired) electrons. The Hall–Kier alpha value is -0.610. The molecular weight excluding hydrogens is 228 g/mol. The smallest absolute Gasteiger partial charge is 0.246 e. The predicted molar refractivity (Wildman–Crippen MR) is 71.4 cm³/mol. The van der Waals surface area contributed by atoms with E-state index in [9.17, 15) is 4.79 Å². The molecule has 0 aromatic carbocycles. The fraction of sp³-hybridized carbons (Fsp3) is 0.929. The SMILES string of the molecule is CCC1(CNC(=O)COC2CCNCC2)CCC1. The molecule has 2 rings (SSSR count). The highest BCUT2D eigenvalue weighted by atomic mass is 16.5. The maximum absolute atomic E-state index is 11.7. The molecule has 0 aromatic rings. The van der Waals surface area contributed by atoms with Gasteiger partial charge >= 0.3 is 0 Å². The van der Waals surface area contributed by atoms with Crippen molar-refractivity contribution >= 4 is 5.91 Å². The van der Waals surface area contributed by atoms with Gasteiger partial charge in [-0.25, -0.2) is 0 Å². The molecule has 0 spiro atoms. The number of amides is 1. The number of nitrogens with one attached hydrogen (secondary N) is 2. The van der Waals surface area contributed by atoms with Gasteiger partial charge in [-0.3, -0.25) is 4.79 Å². The van der Waals surface area contributed by atoms with Crippen LogP contribution in [0.25, 0.3) is 0 Å². The summed E-state index contributed by atoms with van der Waals surface area (Å²) in [5.41, 5.74) is 0.393. The van der Waals surface area contributed by atoms with Gasteiger partial charge in [0, 0.05) is 6.54 Å². The number of ether oxygens (including phenoxy) is 1. The lowest BCUT2D eigenvalue weighted by Gasteiger charge is -2.41. The molecule has 0 bridgehead atoms. The zero-order valence-electron chi connectivity index (χ0n) is 11.5. The van der Waals surface area contributed by atoms with Crippen molar-refractivity contribution in [1.82, 2.24) is 10.6 Å². The standard InChI is InChI=1S/C14H26N2O2/c1-2-14(6-3-7-14)11-16-13(17)10-18-12-4-8-15-9-5-12/h12,15H,2-11H2,1H3,(H,16,17). The summed E-state index contributed by atoms with van der Waals surface area (Å²) in [7, 11) is 0. The Balaban J connectivity index is 1.59. The molecule has 1 aliphatic carbocycles. The second-order valence-corrected chi connectivity index (χ2v) is 5.74. The van der Waals surface area contributed by atoms with Gasteiger partial charge in [-0.2, -0.15) is 0 Å². The molecule has 2 N–H and O–H groups in total. The Morgan fingerprint density at radius 3 is 2.67 bits per heavy atom. The van der Waals surface area contributed by atoms with Crippen molar-refractivity contribution in [2.75, 3.05) is 26.2 Å². The first-order chi connectivity index (χ1) is 8.74. The van der Waals surface area contributed by atoms with Crippen molar-refractivity contribution in [2.45, 2.75) is 51.6 Å². The van der Waals surface area contributed by atoms with Crippen molar-refractivity contribution in [3.8, 4) is 0 Å². The molecule has 104 valence electrons. The highest BCUT2D eigenvalue weighted by Gasteiger charge is 2.35. The number of rotatable bonds is 6. The van der Waals surface area contributed by atoms with Gasteiger partial charge in [0.05, 0.1) is 6.10 Å². The molecular formula is C14H26N2O2. The van der Waals surface area contributed by atoms with E-state index >= 15 is 0 Å². The van der Waals surface area contributed by atoms with Gasteiger partial charge in [-0.15, -0.1) is 0 Å². The van der Waals surface area contributed by atoms with Crippen LogP contribution in [-0.4, -0.2) is 38.3 Å². The lowest BCUT2D eigenvalue weighted by molar-refractivity contribution is -0.129. The van der Waals surface area contributed by atoms with Gasteiger partial charge in [0.25, 0.3) is 0 Å². The van der Waals surface area contributed by atoms with Crippen LogP contribution in [0.2, 0.25) is 0 Å². The third-order valence-electron chi connectivity index (χ3n) is 4.56. The molecule has 1 heterocycles. The van der Waals surface area contributed by atoms with Gasteiger partial charge in [-0.1, -0.05) is 13.3 Å². The van der Waals surface area contributed by atoms with Crippen LogP contribution >= 0.6 is 0 Å². The van der Waals surface area contributed by atoms with Crippen LogP contribution in [0.4, 0.5) is 0 Å². The highest BCUT2D eigenvalue weighted by Crippen LogP contribution is 2.42. The lowest BCUT2D eigenvalue weighted by atomic mass is 9.67. The van der Waals surface area contributed by atoms with E-state index in [1.165, 1.54) is 25.7 Å². The molecule has 0 aromatic heterocycles. The van der Waals surface area contributed by atoms with E-state index in [0.717, 1.165) is 32.5 Å². The van der Waals surface area contributed by atoms with E-state index < -0.39 is 0 Å². The first-order valence-corrected chi connectivity index (χ1v) is 7.33. The minimum absolute atomic E-state index is 0.0493. The molecule has 1 saturated heterocycles. The average molecular weight is 254 g/mol. The van der Waals surface area contributed by atoms with Crippen molar-refractivity contribution < 1.29 is 9.53 Å². The summed E-state index contributed by atoms with van der Waals surface area (Å²) in [6, 6.07) is 0. The number of hydrogen-bond donors (Lipinski definition) is 2. The Bertz CT molecular complexity index is 265. The minimum atomic E-state index is 0.0493. The van der Waals surface area contributed by atoms with Crippen LogP contribution in [-0.2, 0) is 9.53 Å². The van der Waals surface area contributed by atoms with Crippen LogP contribution in [0.1, 0.15) is 45.4 Å². The maximum atomic E-state index is 11.7. The first kappa shape index (κ1) is 13.8. The molecule has 1 aliphatic heterocycles. The summed E-state index contributed by atoms with van der Waals surface area (Å²) >= 11 is 0. The van der Waals surface area contributed by atoms with Crippen molar-refractivity contribution in [2.24, 2.45) is 5.41 Å². The monoisotopic (exact) mass is 254 g/mol. The van der Waals surface area contributed by atoms with E-state index in [1.54, 1.807) is 0 Å². The second kappa shape index (κ2) is 6.53. The minimum Gasteiger partial charge on any atom is -0.368 e. The van der Waals surface area contributed by atoms with E-state index in [0.29, 0.717) is 5.41 Å². The Kier molecular flexibility index (Phi) is 5.01. The molecule has 2 aliphatic rings. The van der Waals surface area contributed by atoms with Crippen LogP contribution < -0.4 is 10.6 Å². The summed E-state index contributed by atoms with van der Waals surface area (Å²) < 4.78 is 5.64. The quantitative estimate of drug-likeness (QED) is 0.754. The predicted octanol–water partition coefficient (Wildman–Crippen LogP) is 1.45. The van der Waals surface area contributed by atoms with Gasteiger partial charge < -0.3 is 15.4 Å². The summed E-state index contributed by atoms with van der Waals surface area (Å²) in [6.45, 7) is 5.29. The first-order valence-electron chi connectivity index (χ1n) is 7.33. The third kappa shape index (κ3) is 3.69. The largest absolute Gasteiger partial charge is 0.368 e.